The van der Waals surface area contributed by atoms with Gasteiger partial charge in [0.1, 0.15) is 5.75 Å². The zero-order chi connectivity index (χ0) is 17.0. The number of nitrogens with one attached hydrogen (secondary N) is 1. The summed E-state index contributed by atoms with van der Waals surface area (Å²) in [4.78, 5) is 34.0. The van der Waals surface area contributed by atoms with E-state index in [1.54, 1.807) is 20.2 Å². The molecule has 4 rings (SSSR count). The molecule has 3 aliphatic heterocycles. The van der Waals surface area contributed by atoms with Gasteiger partial charge in [-0.3, -0.25) is 10.1 Å². The fourth-order valence-electron chi connectivity index (χ4n) is 3.35. The van der Waals surface area contributed by atoms with Gasteiger partial charge in [0.25, 0.3) is 5.91 Å². The van der Waals surface area contributed by atoms with Gasteiger partial charge in [-0.25, -0.2) is 9.79 Å². The molecule has 0 aromatic heterocycles. The van der Waals surface area contributed by atoms with Crippen molar-refractivity contribution in [2.45, 2.75) is 12.2 Å². The van der Waals surface area contributed by atoms with E-state index in [2.05, 4.69) is 10.3 Å². The van der Waals surface area contributed by atoms with Gasteiger partial charge in [0.2, 0.25) is 5.96 Å². The van der Waals surface area contributed by atoms with Gasteiger partial charge in [0.05, 0.1) is 12.1 Å². The van der Waals surface area contributed by atoms with Crippen LogP contribution in [0.2, 0.25) is 5.02 Å². The van der Waals surface area contributed by atoms with Crippen LogP contribution in [0.3, 0.4) is 0 Å². The summed E-state index contributed by atoms with van der Waals surface area (Å²) in [6.07, 6.45) is -0.502. The highest BCUT2D eigenvalue weighted by molar-refractivity contribution is 6.32. The summed E-state index contributed by atoms with van der Waals surface area (Å²) in [5.74, 6) is 0.975. The minimum Gasteiger partial charge on any atom is -0.495 e. The lowest BCUT2D eigenvalue weighted by atomic mass is 10.1. The van der Waals surface area contributed by atoms with Gasteiger partial charge >= 0.3 is 6.03 Å². The van der Waals surface area contributed by atoms with Crippen molar-refractivity contribution in [3.8, 4) is 5.75 Å². The first-order chi connectivity index (χ1) is 11.5. The SMILES string of the molecule is COc1ccc(N2CCN3C2=NC2C3C(=O)NC(=O)N2C)cc1Cl. The molecule has 1 aromatic rings. The van der Waals surface area contributed by atoms with Crippen molar-refractivity contribution in [1.82, 2.24) is 15.1 Å². The number of anilines is 1. The van der Waals surface area contributed by atoms with Gasteiger partial charge in [0, 0.05) is 25.8 Å². The summed E-state index contributed by atoms with van der Waals surface area (Å²) in [6, 6.07) is 4.59. The number of urea groups is 1. The predicted molar refractivity (Wildman–Crippen MR) is 88.4 cm³/mol. The van der Waals surface area contributed by atoms with E-state index < -0.39 is 18.2 Å². The Morgan fingerprint density at radius 1 is 1.33 bits per heavy atom. The quantitative estimate of drug-likeness (QED) is 0.851. The lowest BCUT2D eigenvalue weighted by Gasteiger charge is -2.34. The van der Waals surface area contributed by atoms with Crippen molar-refractivity contribution < 1.29 is 14.3 Å². The Labute approximate surface area is 143 Å². The number of amides is 3. The number of rotatable bonds is 2. The largest absolute Gasteiger partial charge is 0.495 e. The highest BCUT2D eigenvalue weighted by Gasteiger charge is 2.51. The fourth-order valence-corrected chi connectivity index (χ4v) is 3.60. The Morgan fingerprint density at radius 2 is 2.12 bits per heavy atom. The number of hydrogen-bond acceptors (Lipinski definition) is 6. The van der Waals surface area contributed by atoms with Gasteiger partial charge in [0.15, 0.2) is 12.2 Å². The number of fused-ring (bicyclic) bond motifs is 3. The molecule has 0 radical (unpaired) electrons. The van der Waals surface area contributed by atoms with Gasteiger partial charge in [-0.2, -0.15) is 0 Å². The minimum absolute atomic E-state index is 0.309. The molecule has 24 heavy (non-hydrogen) atoms. The van der Waals surface area contributed by atoms with Crippen LogP contribution in [0, 0.1) is 0 Å². The van der Waals surface area contributed by atoms with Crippen LogP contribution in [0.5, 0.6) is 5.75 Å². The number of methoxy groups -OCH3 is 1. The normalized spacial score (nSPS) is 25.5. The van der Waals surface area contributed by atoms with Crippen molar-refractivity contribution in [2.24, 2.45) is 4.99 Å². The third kappa shape index (κ3) is 2.02. The lowest BCUT2D eigenvalue weighted by molar-refractivity contribution is -0.126. The molecule has 3 heterocycles. The second-order valence-corrected chi connectivity index (χ2v) is 6.26. The van der Waals surface area contributed by atoms with Gasteiger partial charge in [-0.15, -0.1) is 0 Å². The van der Waals surface area contributed by atoms with E-state index in [4.69, 9.17) is 16.3 Å². The second kappa shape index (κ2) is 5.27. The van der Waals surface area contributed by atoms with E-state index >= 15 is 0 Å². The van der Waals surface area contributed by atoms with Crippen LogP contribution in [0.4, 0.5) is 10.5 Å². The molecule has 126 valence electrons. The minimum atomic E-state index is -0.502. The molecule has 0 spiro atoms. The molecule has 2 fully saturated rings. The predicted octanol–water partition coefficient (Wildman–Crippen LogP) is 0.717. The van der Waals surface area contributed by atoms with Crippen molar-refractivity contribution in [3.05, 3.63) is 23.2 Å². The molecule has 3 amide bonds. The van der Waals surface area contributed by atoms with E-state index in [1.165, 1.54) is 4.90 Å². The molecule has 2 saturated heterocycles. The maximum Gasteiger partial charge on any atom is 0.325 e. The third-order valence-corrected chi connectivity index (χ3v) is 4.89. The van der Waals surface area contributed by atoms with Crippen LogP contribution in [0.1, 0.15) is 0 Å². The van der Waals surface area contributed by atoms with Crippen LogP contribution in [0.25, 0.3) is 0 Å². The molecule has 0 bridgehead atoms. The van der Waals surface area contributed by atoms with E-state index in [-0.39, 0.29) is 5.91 Å². The topological polar surface area (TPSA) is 77.5 Å². The molecule has 0 aliphatic carbocycles. The van der Waals surface area contributed by atoms with Crippen molar-refractivity contribution >= 4 is 35.2 Å². The van der Waals surface area contributed by atoms with Gasteiger partial charge < -0.3 is 19.4 Å². The van der Waals surface area contributed by atoms with Crippen molar-refractivity contribution in [3.63, 3.8) is 0 Å². The molecule has 1 N–H and O–H groups in total. The highest BCUT2D eigenvalue weighted by atomic mass is 35.5. The average molecular weight is 350 g/mol. The molecule has 0 saturated carbocycles. The van der Waals surface area contributed by atoms with E-state index in [1.807, 2.05) is 21.9 Å². The number of nitrogens with zero attached hydrogens (tertiary/aromatic N) is 4. The zero-order valence-electron chi connectivity index (χ0n) is 13.2. The molecule has 2 atom stereocenters. The number of aliphatic imine (C=N–C) groups is 1. The molecule has 1 aromatic carbocycles. The lowest BCUT2D eigenvalue weighted by Crippen LogP contribution is -2.63. The number of imide groups is 1. The smallest absolute Gasteiger partial charge is 0.325 e. The summed E-state index contributed by atoms with van der Waals surface area (Å²) < 4.78 is 5.18. The number of guanidine groups is 1. The summed E-state index contributed by atoms with van der Waals surface area (Å²) in [5, 5.41) is 2.88. The molecule has 9 heteroatoms. The van der Waals surface area contributed by atoms with E-state index in [0.717, 1.165) is 5.69 Å². The summed E-state index contributed by atoms with van der Waals surface area (Å²) in [7, 11) is 3.20. The van der Waals surface area contributed by atoms with Crippen molar-refractivity contribution in [2.75, 3.05) is 32.1 Å². The molecule has 3 aliphatic rings. The van der Waals surface area contributed by atoms with Gasteiger partial charge in [-0.05, 0) is 18.2 Å². The van der Waals surface area contributed by atoms with Crippen molar-refractivity contribution in [1.29, 1.82) is 0 Å². The average Bonchev–Trinajstić information content (AvgIpc) is 3.11. The van der Waals surface area contributed by atoms with Crippen LogP contribution < -0.4 is 15.0 Å². The number of carbonyl (C=O) groups is 2. The summed E-state index contributed by atoms with van der Waals surface area (Å²) in [5.41, 5.74) is 0.870. The molecular weight excluding hydrogens is 334 g/mol. The number of ether oxygens (including phenoxy) is 1. The Bertz CT molecular complexity index is 767. The van der Waals surface area contributed by atoms with E-state index in [0.29, 0.717) is 29.8 Å². The Balaban J connectivity index is 1.68. The zero-order valence-corrected chi connectivity index (χ0v) is 13.9. The number of benzene rings is 1. The standard InChI is InChI=1S/C15H16ClN5O3/c1-19-12-11(13(22)18-15(19)23)21-6-5-20(14(21)17-12)8-3-4-10(24-2)9(16)7-8/h3-4,7,11-12H,5-6H2,1-2H3,(H,18,22,23). The maximum absolute atomic E-state index is 12.2. The number of likely N-dealkylation sites (N-methyl/N-ethyl adjacent to an activating group) is 1. The Hall–Kier alpha value is -2.48. The van der Waals surface area contributed by atoms with Gasteiger partial charge in [-0.1, -0.05) is 11.6 Å². The Morgan fingerprint density at radius 3 is 2.83 bits per heavy atom. The molecular formula is C15H16ClN5O3. The summed E-state index contributed by atoms with van der Waals surface area (Å²) >= 11 is 6.22. The van der Waals surface area contributed by atoms with Crippen LogP contribution in [-0.4, -0.2) is 67.2 Å². The monoisotopic (exact) mass is 349 g/mol. The van der Waals surface area contributed by atoms with Crippen LogP contribution >= 0.6 is 11.6 Å². The molecule has 8 nitrogen and oxygen atoms in total. The Kier molecular flexibility index (Phi) is 3.31. The molecule has 2 unspecified atom stereocenters. The van der Waals surface area contributed by atoms with E-state index in [9.17, 15) is 9.59 Å². The number of hydrogen-bond donors (Lipinski definition) is 1. The highest BCUT2D eigenvalue weighted by Crippen LogP contribution is 2.34. The number of halogens is 1. The second-order valence-electron chi connectivity index (χ2n) is 5.86. The first kappa shape index (κ1) is 15.1. The number of carbonyl (C=O) groups excluding carboxylic acids is 2. The third-order valence-electron chi connectivity index (χ3n) is 4.59. The maximum atomic E-state index is 12.2. The first-order valence-electron chi connectivity index (χ1n) is 7.54. The van der Waals surface area contributed by atoms with Crippen LogP contribution in [-0.2, 0) is 4.79 Å². The fraction of sp³-hybridized carbons (Fsp3) is 0.400. The first-order valence-corrected chi connectivity index (χ1v) is 7.92. The summed E-state index contributed by atoms with van der Waals surface area (Å²) in [6.45, 7) is 1.34. The van der Waals surface area contributed by atoms with Crippen LogP contribution in [0.15, 0.2) is 23.2 Å².